The van der Waals surface area contributed by atoms with Crippen LogP contribution in [0.1, 0.15) is 24.1 Å². The Kier molecular flexibility index (Phi) is 3.95. The summed E-state index contributed by atoms with van der Waals surface area (Å²) in [5.41, 5.74) is 2.02. The molecular formula is C16H14BrClN2S. The van der Waals surface area contributed by atoms with E-state index in [1.165, 1.54) is 5.56 Å². The standard InChI is InChI=1S/C16H14BrClN2S/c1-16(11-4-8-13(18)9-5-11)14(19-15(21)20-16)10-2-6-12(17)7-3-10/h2-9,14H,1H3,(H2,19,20,21)/t14-,16+/m1/s1. The van der Waals surface area contributed by atoms with Crippen LogP contribution in [0.25, 0.3) is 0 Å². The van der Waals surface area contributed by atoms with Crippen LogP contribution in [0.5, 0.6) is 0 Å². The topological polar surface area (TPSA) is 24.1 Å². The Morgan fingerprint density at radius 3 is 2.33 bits per heavy atom. The van der Waals surface area contributed by atoms with Crippen molar-refractivity contribution < 1.29 is 0 Å². The van der Waals surface area contributed by atoms with Crippen LogP contribution in [0.2, 0.25) is 5.02 Å². The minimum atomic E-state index is -0.310. The van der Waals surface area contributed by atoms with Crippen LogP contribution in [0, 0.1) is 0 Å². The lowest BCUT2D eigenvalue weighted by atomic mass is 9.82. The van der Waals surface area contributed by atoms with Crippen LogP contribution in [-0.2, 0) is 5.54 Å². The second kappa shape index (κ2) is 5.59. The van der Waals surface area contributed by atoms with Crippen molar-refractivity contribution in [2.24, 2.45) is 0 Å². The number of halogens is 2. The minimum absolute atomic E-state index is 0.0688. The number of hydrogen-bond donors (Lipinski definition) is 2. The highest BCUT2D eigenvalue weighted by atomic mass is 79.9. The first kappa shape index (κ1) is 14.8. The molecule has 0 aliphatic carbocycles. The average molecular weight is 382 g/mol. The van der Waals surface area contributed by atoms with Gasteiger partial charge >= 0.3 is 0 Å². The third-order valence-corrected chi connectivity index (χ3v) is 4.87. The summed E-state index contributed by atoms with van der Waals surface area (Å²) >= 11 is 14.8. The van der Waals surface area contributed by atoms with Gasteiger partial charge in [-0.15, -0.1) is 0 Å². The van der Waals surface area contributed by atoms with Crippen LogP contribution >= 0.6 is 39.7 Å². The van der Waals surface area contributed by atoms with E-state index in [2.05, 4.69) is 45.6 Å². The van der Waals surface area contributed by atoms with Crippen molar-refractivity contribution in [1.82, 2.24) is 10.6 Å². The third kappa shape index (κ3) is 2.80. The largest absolute Gasteiger partial charge is 0.353 e. The molecule has 2 atom stereocenters. The summed E-state index contributed by atoms with van der Waals surface area (Å²) in [6.45, 7) is 2.15. The SMILES string of the molecule is C[C@@]1(c2ccc(Cl)cc2)NC(=S)N[C@@H]1c1ccc(Br)cc1. The predicted octanol–water partition coefficient (Wildman–Crippen LogP) is 4.54. The monoisotopic (exact) mass is 380 g/mol. The first-order valence-electron chi connectivity index (χ1n) is 6.59. The third-order valence-electron chi connectivity index (χ3n) is 3.87. The van der Waals surface area contributed by atoms with Gasteiger partial charge in [-0.1, -0.05) is 51.8 Å². The van der Waals surface area contributed by atoms with Crippen LogP contribution in [0.15, 0.2) is 53.0 Å². The molecule has 0 bridgehead atoms. The molecule has 108 valence electrons. The van der Waals surface area contributed by atoms with Gasteiger partial charge in [-0.3, -0.25) is 0 Å². The van der Waals surface area contributed by atoms with E-state index in [0.29, 0.717) is 5.11 Å². The van der Waals surface area contributed by atoms with Gasteiger partial charge < -0.3 is 10.6 Å². The molecule has 2 aromatic rings. The molecule has 5 heteroatoms. The van der Waals surface area contributed by atoms with E-state index in [1.807, 2.05) is 36.4 Å². The molecular weight excluding hydrogens is 368 g/mol. The van der Waals surface area contributed by atoms with Crippen molar-refractivity contribution in [2.75, 3.05) is 0 Å². The van der Waals surface area contributed by atoms with Crippen LogP contribution < -0.4 is 10.6 Å². The molecule has 0 saturated carbocycles. The quantitative estimate of drug-likeness (QED) is 0.747. The van der Waals surface area contributed by atoms with Crippen molar-refractivity contribution in [2.45, 2.75) is 18.5 Å². The van der Waals surface area contributed by atoms with Gasteiger partial charge in [0.15, 0.2) is 5.11 Å². The number of thiocarbonyl (C=S) groups is 1. The highest BCUT2D eigenvalue weighted by Crippen LogP contribution is 2.38. The number of benzene rings is 2. The van der Waals surface area contributed by atoms with Gasteiger partial charge in [0.25, 0.3) is 0 Å². The second-order valence-corrected chi connectivity index (χ2v) is 7.05. The van der Waals surface area contributed by atoms with Crippen molar-refractivity contribution in [3.63, 3.8) is 0 Å². The predicted molar refractivity (Wildman–Crippen MR) is 94.6 cm³/mol. The van der Waals surface area contributed by atoms with E-state index < -0.39 is 0 Å². The molecule has 1 aliphatic heterocycles. The summed E-state index contributed by atoms with van der Waals surface area (Å²) < 4.78 is 1.06. The molecule has 1 aliphatic rings. The highest BCUT2D eigenvalue weighted by molar-refractivity contribution is 9.10. The summed E-state index contributed by atoms with van der Waals surface area (Å²) in [5.74, 6) is 0. The summed E-state index contributed by atoms with van der Waals surface area (Å²) in [4.78, 5) is 0. The summed E-state index contributed by atoms with van der Waals surface area (Å²) in [6.07, 6.45) is 0. The molecule has 0 aromatic heterocycles. The van der Waals surface area contributed by atoms with E-state index in [9.17, 15) is 0 Å². The van der Waals surface area contributed by atoms with Gasteiger partial charge in [0.05, 0.1) is 11.6 Å². The fourth-order valence-electron chi connectivity index (χ4n) is 2.73. The molecule has 0 spiro atoms. The Morgan fingerprint density at radius 2 is 1.71 bits per heavy atom. The zero-order valence-electron chi connectivity index (χ0n) is 11.4. The minimum Gasteiger partial charge on any atom is -0.353 e. The van der Waals surface area contributed by atoms with E-state index >= 15 is 0 Å². The Morgan fingerprint density at radius 1 is 1.10 bits per heavy atom. The Bertz CT molecular complexity index is 672. The Balaban J connectivity index is 2.04. The molecule has 1 saturated heterocycles. The molecule has 21 heavy (non-hydrogen) atoms. The van der Waals surface area contributed by atoms with E-state index in [-0.39, 0.29) is 11.6 Å². The number of nitrogens with one attached hydrogen (secondary N) is 2. The zero-order chi connectivity index (χ0) is 15.0. The van der Waals surface area contributed by atoms with Gasteiger partial charge in [-0.05, 0) is 54.5 Å². The fourth-order valence-corrected chi connectivity index (χ4v) is 3.45. The number of hydrogen-bond acceptors (Lipinski definition) is 1. The average Bonchev–Trinajstić information content (AvgIpc) is 2.76. The van der Waals surface area contributed by atoms with Crippen molar-refractivity contribution in [3.05, 3.63) is 69.2 Å². The van der Waals surface area contributed by atoms with Crippen LogP contribution in [-0.4, -0.2) is 5.11 Å². The first-order valence-corrected chi connectivity index (χ1v) is 8.17. The second-order valence-electron chi connectivity index (χ2n) is 5.29. The maximum atomic E-state index is 6.00. The Hall–Kier alpha value is -1.10. The van der Waals surface area contributed by atoms with Gasteiger partial charge in [0.2, 0.25) is 0 Å². The molecule has 1 fully saturated rings. The van der Waals surface area contributed by atoms with Gasteiger partial charge in [-0.25, -0.2) is 0 Å². The normalized spacial score (nSPS) is 24.5. The van der Waals surface area contributed by atoms with E-state index in [0.717, 1.165) is 15.1 Å². The smallest absolute Gasteiger partial charge is 0.167 e. The first-order chi connectivity index (χ1) is 9.99. The van der Waals surface area contributed by atoms with Gasteiger partial charge in [0, 0.05) is 9.50 Å². The lowest BCUT2D eigenvalue weighted by molar-refractivity contribution is 0.379. The summed E-state index contributed by atoms with van der Waals surface area (Å²) in [7, 11) is 0. The maximum Gasteiger partial charge on any atom is 0.167 e. The lowest BCUT2D eigenvalue weighted by Gasteiger charge is -2.31. The van der Waals surface area contributed by atoms with Crippen LogP contribution in [0.3, 0.4) is 0 Å². The van der Waals surface area contributed by atoms with Crippen LogP contribution in [0.4, 0.5) is 0 Å². The van der Waals surface area contributed by atoms with Gasteiger partial charge in [-0.2, -0.15) is 0 Å². The van der Waals surface area contributed by atoms with E-state index in [4.69, 9.17) is 23.8 Å². The molecule has 0 unspecified atom stereocenters. The maximum absolute atomic E-state index is 6.00. The Labute approximate surface area is 143 Å². The molecule has 3 rings (SSSR count). The highest BCUT2D eigenvalue weighted by Gasteiger charge is 2.43. The molecule has 2 aromatic carbocycles. The lowest BCUT2D eigenvalue weighted by Crippen LogP contribution is -2.39. The van der Waals surface area contributed by atoms with E-state index in [1.54, 1.807) is 0 Å². The molecule has 2 N–H and O–H groups in total. The van der Waals surface area contributed by atoms with Crippen molar-refractivity contribution in [3.8, 4) is 0 Å². The molecule has 0 radical (unpaired) electrons. The number of rotatable bonds is 2. The molecule has 2 nitrogen and oxygen atoms in total. The van der Waals surface area contributed by atoms with Crippen molar-refractivity contribution in [1.29, 1.82) is 0 Å². The molecule has 1 heterocycles. The summed E-state index contributed by atoms with van der Waals surface area (Å²) in [5, 5.41) is 8.16. The zero-order valence-corrected chi connectivity index (χ0v) is 14.5. The van der Waals surface area contributed by atoms with Crippen molar-refractivity contribution >= 4 is 44.9 Å². The fraction of sp³-hybridized carbons (Fsp3) is 0.188. The summed E-state index contributed by atoms with van der Waals surface area (Å²) in [6, 6.07) is 16.2. The van der Waals surface area contributed by atoms with Gasteiger partial charge in [0.1, 0.15) is 0 Å². The molecule has 0 amide bonds.